The Morgan fingerprint density at radius 3 is 3.05 bits per heavy atom. The second-order valence-corrected chi connectivity index (χ2v) is 7.14. The Balaban J connectivity index is 1.80. The summed E-state index contributed by atoms with van der Waals surface area (Å²) in [5.74, 6) is 4.45. The van der Waals surface area contributed by atoms with Crippen LogP contribution >= 0.6 is 27.7 Å². The highest BCUT2D eigenvalue weighted by Gasteiger charge is 2.12. The summed E-state index contributed by atoms with van der Waals surface area (Å²) in [6, 6.07) is 8.38. The number of hydrogen-bond donors (Lipinski definition) is 0. The summed E-state index contributed by atoms with van der Waals surface area (Å²) in [6.45, 7) is 3.79. The van der Waals surface area contributed by atoms with Crippen LogP contribution in [0.15, 0.2) is 48.3 Å². The number of allylic oxidation sites excluding steroid dienone is 4. The van der Waals surface area contributed by atoms with E-state index < -0.39 is 0 Å². The van der Waals surface area contributed by atoms with Crippen molar-refractivity contribution >= 4 is 27.7 Å². The van der Waals surface area contributed by atoms with Crippen molar-refractivity contribution in [2.45, 2.75) is 19.1 Å². The van der Waals surface area contributed by atoms with Crippen molar-refractivity contribution in [3.63, 3.8) is 0 Å². The fourth-order valence-corrected chi connectivity index (χ4v) is 3.18. The third-order valence-electron chi connectivity index (χ3n) is 3.37. The van der Waals surface area contributed by atoms with E-state index in [0.717, 1.165) is 48.0 Å². The van der Waals surface area contributed by atoms with Crippen molar-refractivity contribution in [3.05, 3.63) is 53.8 Å². The van der Waals surface area contributed by atoms with Crippen LogP contribution in [0, 0.1) is 5.92 Å². The third kappa shape index (κ3) is 6.19. The Morgan fingerprint density at radius 1 is 1.32 bits per heavy atom. The van der Waals surface area contributed by atoms with Crippen molar-refractivity contribution < 1.29 is 9.47 Å². The largest absolute Gasteiger partial charge is 0.461 e. The van der Waals surface area contributed by atoms with Gasteiger partial charge in [-0.3, -0.25) is 0 Å². The van der Waals surface area contributed by atoms with Crippen LogP contribution in [-0.4, -0.2) is 24.3 Å². The third-order valence-corrected chi connectivity index (χ3v) is 4.68. The summed E-state index contributed by atoms with van der Waals surface area (Å²) < 4.78 is 11.5. The minimum absolute atomic E-state index is 0.453. The van der Waals surface area contributed by atoms with Gasteiger partial charge in [-0.25, -0.2) is 0 Å². The predicted octanol–water partition coefficient (Wildman–Crippen LogP) is 5.19. The minimum atomic E-state index is 0.453. The molecule has 0 amide bonds. The summed E-state index contributed by atoms with van der Waals surface area (Å²) in [5, 5.41) is 0.903. The van der Waals surface area contributed by atoms with Crippen LogP contribution in [0.1, 0.15) is 18.9 Å². The molecule has 2 rings (SSSR count). The standard InChI is InChI=1S/C18H23BrO2S/c1-15-5-2-3-8-18(15)21-17-7-4-6-16(13-17)14-22-12-11-20-10-9-19/h2-4,6-8,13,15H,5,9-12,14H2,1H3. The molecule has 22 heavy (non-hydrogen) atoms. The van der Waals surface area contributed by atoms with Gasteiger partial charge in [-0.15, -0.1) is 0 Å². The first-order valence-electron chi connectivity index (χ1n) is 7.64. The molecule has 0 fully saturated rings. The molecule has 0 bridgehead atoms. The molecule has 0 spiro atoms. The number of ether oxygens (including phenoxy) is 2. The highest BCUT2D eigenvalue weighted by Crippen LogP contribution is 2.25. The molecule has 0 N–H and O–H groups in total. The molecule has 0 radical (unpaired) electrons. The molecular formula is C18H23BrO2S. The summed E-state index contributed by atoms with van der Waals surface area (Å²) in [5.41, 5.74) is 1.29. The molecule has 1 aromatic rings. The first-order chi connectivity index (χ1) is 10.8. The second-order valence-electron chi connectivity index (χ2n) is 5.24. The molecule has 0 aliphatic heterocycles. The number of hydrogen-bond acceptors (Lipinski definition) is 3. The highest BCUT2D eigenvalue weighted by atomic mass is 79.9. The lowest BCUT2D eigenvalue weighted by atomic mass is 10.0. The number of benzene rings is 1. The summed E-state index contributed by atoms with van der Waals surface area (Å²) in [4.78, 5) is 0. The minimum Gasteiger partial charge on any atom is -0.461 e. The van der Waals surface area contributed by atoms with Gasteiger partial charge in [0.05, 0.1) is 13.2 Å². The molecule has 0 aromatic heterocycles. The first-order valence-corrected chi connectivity index (χ1v) is 9.92. The fourth-order valence-electron chi connectivity index (χ4n) is 2.16. The number of rotatable bonds is 9. The first kappa shape index (κ1) is 17.6. The van der Waals surface area contributed by atoms with Gasteiger partial charge >= 0.3 is 0 Å². The van der Waals surface area contributed by atoms with E-state index in [1.165, 1.54) is 5.56 Å². The number of thioether (sulfide) groups is 1. The van der Waals surface area contributed by atoms with Crippen molar-refractivity contribution in [2.24, 2.45) is 5.92 Å². The van der Waals surface area contributed by atoms with Gasteiger partial charge in [0, 0.05) is 22.8 Å². The van der Waals surface area contributed by atoms with E-state index in [1.807, 2.05) is 17.8 Å². The Bertz CT molecular complexity index is 514. The Kier molecular flexibility index (Phi) is 8.13. The van der Waals surface area contributed by atoms with Crippen LogP contribution < -0.4 is 4.74 Å². The molecule has 1 aliphatic rings. The average Bonchev–Trinajstić information content (AvgIpc) is 2.53. The maximum Gasteiger partial charge on any atom is 0.127 e. The molecule has 1 atom stereocenters. The molecule has 0 heterocycles. The Morgan fingerprint density at radius 2 is 2.23 bits per heavy atom. The van der Waals surface area contributed by atoms with E-state index in [9.17, 15) is 0 Å². The number of alkyl halides is 1. The van der Waals surface area contributed by atoms with Gasteiger partial charge in [0.15, 0.2) is 0 Å². The molecule has 4 heteroatoms. The monoisotopic (exact) mass is 382 g/mol. The van der Waals surface area contributed by atoms with E-state index in [1.54, 1.807) is 0 Å². The van der Waals surface area contributed by atoms with E-state index in [4.69, 9.17) is 9.47 Å². The maximum absolute atomic E-state index is 6.04. The van der Waals surface area contributed by atoms with Crippen LogP contribution in [0.3, 0.4) is 0 Å². The van der Waals surface area contributed by atoms with Gasteiger partial charge in [-0.05, 0) is 30.2 Å². The van der Waals surface area contributed by atoms with E-state index in [2.05, 4.69) is 59.3 Å². The average molecular weight is 383 g/mol. The SMILES string of the molecule is CC1CC=CC=C1Oc1cccc(CSCCOCCBr)c1. The Hall–Kier alpha value is -0.710. The van der Waals surface area contributed by atoms with Crippen LogP contribution in [0.5, 0.6) is 5.75 Å². The van der Waals surface area contributed by atoms with Gasteiger partial charge in [0.2, 0.25) is 0 Å². The van der Waals surface area contributed by atoms with E-state index in [0.29, 0.717) is 5.92 Å². The lowest BCUT2D eigenvalue weighted by Crippen LogP contribution is -2.07. The molecule has 1 aromatic carbocycles. The van der Waals surface area contributed by atoms with Crippen LogP contribution in [-0.2, 0) is 10.5 Å². The molecular weight excluding hydrogens is 360 g/mol. The normalized spacial score (nSPS) is 17.4. The molecule has 2 nitrogen and oxygen atoms in total. The topological polar surface area (TPSA) is 18.5 Å². The van der Waals surface area contributed by atoms with Gasteiger partial charge in [-0.1, -0.05) is 47.1 Å². The molecule has 1 unspecified atom stereocenters. The molecule has 120 valence electrons. The zero-order chi connectivity index (χ0) is 15.6. The zero-order valence-electron chi connectivity index (χ0n) is 13.0. The lowest BCUT2D eigenvalue weighted by Gasteiger charge is -2.18. The van der Waals surface area contributed by atoms with E-state index >= 15 is 0 Å². The number of halogens is 1. The van der Waals surface area contributed by atoms with Gasteiger partial charge in [0.25, 0.3) is 0 Å². The zero-order valence-corrected chi connectivity index (χ0v) is 15.4. The van der Waals surface area contributed by atoms with Crippen LogP contribution in [0.2, 0.25) is 0 Å². The smallest absolute Gasteiger partial charge is 0.127 e. The van der Waals surface area contributed by atoms with Gasteiger partial charge in [-0.2, -0.15) is 11.8 Å². The highest BCUT2D eigenvalue weighted by molar-refractivity contribution is 9.09. The summed E-state index contributed by atoms with van der Waals surface area (Å²) >= 11 is 5.24. The Labute approximate surface area is 146 Å². The predicted molar refractivity (Wildman–Crippen MR) is 98.8 cm³/mol. The van der Waals surface area contributed by atoms with Gasteiger partial charge in [0.1, 0.15) is 11.5 Å². The fraction of sp³-hybridized carbons (Fsp3) is 0.444. The molecule has 0 saturated carbocycles. The van der Waals surface area contributed by atoms with E-state index in [-0.39, 0.29) is 0 Å². The van der Waals surface area contributed by atoms with Crippen molar-refractivity contribution in [2.75, 3.05) is 24.3 Å². The molecule has 1 aliphatic carbocycles. The van der Waals surface area contributed by atoms with Crippen molar-refractivity contribution in [1.29, 1.82) is 0 Å². The van der Waals surface area contributed by atoms with Crippen molar-refractivity contribution in [1.82, 2.24) is 0 Å². The van der Waals surface area contributed by atoms with Gasteiger partial charge < -0.3 is 9.47 Å². The summed E-state index contributed by atoms with van der Waals surface area (Å²) in [6.07, 6.45) is 7.37. The second kappa shape index (κ2) is 10.1. The maximum atomic E-state index is 6.04. The quantitative estimate of drug-likeness (QED) is 0.432. The molecule has 0 saturated heterocycles. The van der Waals surface area contributed by atoms with Crippen LogP contribution in [0.4, 0.5) is 0 Å². The summed E-state index contributed by atoms with van der Waals surface area (Å²) in [7, 11) is 0. The van der Waals surface area contributed by atoms with Crippen molar-refractivity contribution in [3.8, 4) is 5.75 Å². The van der Waals surface area contributed by atoms with Crippen LogP contribution in [0.25, 0.3) is 0 Å². The lowest BCUT2D eigenvalue weighted by molar-refractivity contribution is 0.168.